The first-order chi connectivity index (χ1) is 17.5. The normalized spacial score (nSPS) is 24.3. The Morgan fingerprint density at radius 3 is 2.19 bits per heavy atom. The van der Waals surface area contributed by atoms with E-state index in [9.17, 15) is 13.2 Å². The topological polar surface area (TPSA) is 18.5 Å². The van der Waals surface area contributed by atoms with E-state index in [4.69, 9.17) is 9.47 Å². The zero-order valence-electron chi connectivity index (χ0n) is 21.4. The van der Waals surface area contributed by atoms with E-state index < -0.39 is 11.6 Å². The monoisotopic (exact) mass is 500 g/mol. The Labute approximate surface area is 213 Å². The van der Waals surface area contributed by atoms with Crippen LogP contribution in [0.2, 0.25) is 0 Å². The van der Waals surface area contributed by atoms with E-state index >= 15 is 0 Å². The summed E-state index contributed by atoms with van der Waals surface area (Å²) in [5, 5.41) is 0. The van der Waals surface area contributed by atoms with Gasteiger partial charge in [-0.25, -0.2) is 8.78 Å². The first-order valence-corrected chi connectivity index (χ1v) is 13.6. The van der Waals surface area contributed by atoms with Gasteiger partial charge in [0.05, 0.1) is 13.2 Å². The van der Waals surface area contributed by atoms with Crippen LogP contribution in [0.25, 0.3) is 0 Å². The van der Waals surface area contributed by atoms with Crippen LogP contribution in [0.5, 0.6) is 11.5 Å². The smallest absolute Gasteiger partial charge is 0.200 e. The van der Waals surface area contributed by atoms with Crippen LogP contribution in [0.1, 0.15) is 94.1 Å². The second kappa shape index (κ2) is 12.7. The lowest BCUT2D eigenvalue weighted by molar-refractivity contribution is 0.191. The van der Waals surface area contributed by atoms with E-state index in [0.29, 0.717) is 30.4 Å². The van der Waals surface area contributed by atoms with Gasteiger partial charge in [0.1, 0.15) is 11.6 Å². The lowest BCUT2D eigenvalue weighted by atomic mass is 9.79. The quantitative estimate of drug-likeness (QED) is 0.239. The summed E-state index contributed by atoms with van der Waals surface area (Å²) >= 11 is 0. The third-order valence-corrected chi connectivity index (χ3v) is 8.09. The van der Waals surface area contributed by atoms with E-state index in [1.807, 2.05) is 18.2 Å². The van der Waals surface area contributed by atoms with E-state index in [-0.39, 0.29) is 29.3 Å². The summed E-state index contributed by atoms with van der Waals surface area (Å²) in [6, 6.07) is 8.46. The predicted molar refractivity (Wildman–Crippen MR) is 138 cm³/mol. The highest BCUT2D eigenvalue weighted by Crippen LogP contribution is 2.40. The molecule has 0 radical (unpaired) electrons. The van der Waals surface area contributed by atoms with Crippen LogP contribution in [0.15, 0.2) is 43.0 Å². The van der Waals surface area contributed by atoms with Gasteiger partial charge in [-0.05, 0) is 98.3 Å². The predicted octanol–water partition coefficient (Wildman–Crippen LogP) is 9.10. The number of benzene rings is 2. The van der Waals surface area contributed by atoms with Crippen LogP contribution in [0.3, 0.4) is 0 Å². The highest BCUT2D eigenvalue weighted by Gasteiger charge is 2.27. The van der Waals surface area contributed by atoms with Crippen molar-refractivity contribution in [2.45, 2.75) is 83.0 Å². The number of rotatable bonds is 10. The third kappa shape index (κ3) is 6.66. The molecule has 196 valence electrons. The van der Waals surface area contributed by atoms with Gasteiger partial charge < -0.3 is 9.47 Å². The Kier molecular flexibility index (Phi) is 9.39. The number of hydrogen-bond donors (Lipinski definition) is 0. The third-order valence-electron chi connectivity index (χ3n) is 8.09. The van der Waals surface area contributed by atoms with Crippen molar-refractivity contribution in [1.82, 2.24) is 0 Å². The molecule has 2 fully saturated rings. The molecular weight excluding hydrogens is 461 g/mol. The van der Waals surface area contributed by atoms with Crippen molar-refractivity contribution in [1.29, 1.82) is 0 Å². The molecule has 0 amide bonds. The van der Waals surface area contributed by atoms with Crippen molar-refractivity contribution in [3.8, 4) is 11.5 Å². The van der Waals surface area contributed by atoms with E-state index in [1.165, 1.54) is 6.07 Å². The van der Waals surface area contributed by atoms with E-state index in [2.05, 4.69) is 13.5 Å². The molecule has 0 saturated heterocycles. The van der Waals surface area contributed by atoms with Crippen LogP contribution in [-0.4, -0.2) is 13.2 Å². The zero-order valence-corrected chi connectivity index (χ0v) is 21.4. The average molecular weight is 501 g/mol. The van der Waals surface area contributed by atoms with Gasteiger partial charge in [0.2, 0.25) is 5.82 Å². The summed E-state index contributed by atoms with van der Waals surface area (Å²) in [5.41, 5.74) is 1.22. The average Bonchev–Trinajstić information content (AvgIpc) is 2.89. The Balaban J connectivity index is 1.26. The Bertz CT molecular complexity index is 1010. The Morgan fingerprint density at radius 1 is 0.833 bits per heavy atom. The van der Waals surface area contributed by atoms with Gasteiger partial charge in [0, 0.05) is 6.07 Å². The number of ether oxygens (including phenoxy) is 2. The number of hydrogen-bond acceptors (Lipinski definition) is 2. The Morgan fingerprint density at radius 2 is 1.50 bits per heavy atom. The summed E-state index contributed by atoms with van der Waals surface area (Å²) in [7, 11) is 0. The standard InChI is InChI=1S/C31H39F3O2/c1-3-4-5-18-35-25-14-15-26(28(32)19-25)23-12-8-22(9-13-23)20-36-29-17-16-27(30(33)31(29)34)24-10-6-21(2)7-11-24/h3,14-17,19,21-24H,1,4-13,18,20H2,2H3. The zero-order chi connectivity index (χ0) is 25.5. The lowest BCUT2D eigenvalue weighted by Gasteiger charge is -2.29. The minimum Gasteiger partial charge on any atom is -0.493 e. The van der Waals surface area contributed by atoms with Crippen molar-refractivity contribution < 1.29 is 22.6 Å². The molecule has 0 bridgehead atoms. The molecule has 0 heterocycles. The fourth-order valence-corrected chi connectivity index (χ4v) is 5.74. The van der Waals surface area contributed by atoms with Gasteiger partial charge in [0.15, 0.2) is 11.6 Å². The SMILES string of the molecule is C=CCCCOc1ccc(C2CCC(COc3ccc(C4CCC(C)CC4)c(F)c3F)CC2)c(F)c1. The highest BCUT2D eigenvalue weighted by molar-refractivity contribution is 5.34. The molecule has 0 unspecified atom stereocenters. The first-order valence-electron chi connectivity index (χ1n) is 13.6. The van der Waals surface area contributed by atoms with Crippen LogP contribution < -0.4 is 9.47 Å². The molecule has 0 N–H and O–H groups in total. The molecule has 2 aromatic carbocycles. The molecule has 4 rings (SSSR count). The van der Waals surface area contributed by atoms with Crippen molar-refractivity contribution in [2.75, 3.05) is 13.2 Å². The maximum atomic E-state index is 14.8. The van der Waals surface area contributed by atoms with E-state index in [0.717, 1.165) is 69.8 Å². The summed E-state index contributed by atoms with van der Waals surface area (Å²) < 4.78 is 55.7. The molecule has 2 aliphatic rings. The molecule has 5 heteroatoms. The van der Waals surface area contributed by atoms with Gasteiger partial charge >= 0.3 is 0 Å². The second-order valence-corrected chi connectivity index (χ2v) is 10.7. The van der Waals surface area contributed by atoms with Crippen LogP contribution >= 0.6 is 0 Å². The highest BCUT2D eigenvalue weighted by atomic mass is 19.2. The van der Waals surface area contributed by atoms with Crippen molar-refractivity contribution in [2.24, 2.45) is 11.8 Å². The number of halogens is 3. The van der Waals surface area contributed by atoms with Crippen molar-refractivity contribution >= 4 is 0 Å². The lowest BCUT2D eigenvalue weighted by Crippen LogP contribution is -2.20. The van der Waals surface area contributed by atoms with Gasteiger partial charge in [-0.2, -0.15) is 4.39 Å². The molecule has 2 aliphatic carbocycles. The maximum absolute atomic E-state index is 14.8. The van der Waals surface area contributed by atoms with Crippen molar-refractivity contribution in [3.05, 3.63) is 71.6 Å². The molecule has 2 nitrogen and oxygen atoms in total. The fraction of sp³-hybridized carbons (Fsp3) is 0.548. The van der Waals surface area contributed by atoms with Crippen LogP contribution in [0.4, 0.5) is 13.2 Å². The summed E-state index contributed by atoms with van der Waals surface area (Å²) in [6.45, 7) is 6.80. The fourth-order valence-electron chi connectivity index (χ4n) is 5.74. The molecule has 2 saturated carbocycles. The number of unbranched alkanes of at least 4 members (excludes halogenated alkanes) is 1. The largest absolute Gasteiger partial charge is 0.493 e. The minimum atomic E-state index is -0.867. The van der Waals surface area contributed by atoms with Crippen LogP contribution in [-0.2, 0) is 0 Å². The van der Waals surface area contributed by atoms with Gasteiger partial charge in [-0.3, -0.25) is 0 Å². The molecule has 0 aliphatic heterocycles. The molecule has 36 heavy (non-hydrogen) atoms. The molecule has 0 spiro atoms. The van der Waals surface area contributed by atoms with Gasteiger partial charge in [-0.15, -0.1) is 6.58 Å². The summed E-state index contributed by atoms with van der Waals surface area (Å²) in [6.07, 6.45) is 11.0. The van der Waals surface area contributed by atoms with Crippen molar-refractivity contribution in [3.63, 3.8) is 0 Å². The Hall–Kier alpha value is -2.43. The molecule has 0 aromatic heterocycles. The van der Waals surface area contributed by atoms with Crippen LogP contribution in [0, 0.1) is 29.3 Å². The summed E-state index contributed by atoms with van der Waals surface area (Å²) in [4.78, 5) is 0. The second-order valence-electron chi connectivity index (χ2n) is 10.7. The maximum Gasteiger partial charge on any atom is 0.200 e. The number of allylic oxidation sites excluding steroid dienone is 1. The minimum absolute atomic E-state index is 0.00252. The van der Waals surface area contributed by atoms with Gasteiger partial charge in [0.25, 0.3) is 0 Å². The van der Waals surface area contributed by atoms with Gasteiger partial charge in [-0.1, -0.05) is 38.0 Å². The molecule has 2 aromatic rings. The van der Waals surface area contributed by atoms with E-state index in [1.54, 1.807) is 12.1 Å². The molecule has 0 atom stereocenters. The first kappa shape index (κ1) is 26.6. The summed E-state index contributed by atoms with van der Waals surface area (Å²) in [5.74, 6) is -0.124. The molecular formula is C31H39F3O2.